The number of ether oxygens (including phenoxy) is 1. The van der Waals surface area contributed by atoms with Gasteiger partial charge in [-0.1, -0.05) is 25.4 Å². The Morgan fingerprint density at radius 1 is 1.55 bits per heavy atom. The first-order chi connectivity index (χ1) is 9.51. The summed E-state index contributed by atoms with van der Waals surface area (Å²) >= 11 is 0. The van der Waals surface area contributed by atoms with Crippen LogP contribution < -0.4 is 15.8 Å². The minimum absolute atomic E-state index is 0.0132. The molecule has 0 aromatic heterocycles. The summed E-state index contributed by atoms with van der Waals surface area (Å²) in [6.45, 7) is 4.07. The molecule has 1 atom stereocenters. The zero-order valence-corrected chi connectivity index (χ0v) is 12.0. The first-order valence-corrected chi connectivity index (χ1v) is 6.47. The second-order valence-corrected chi connectivity index (χ2v) is 4.67. The highest BCUT2D eigenvalue weighted by Gasteiger charge is 2.12. The lowest BCUT2D eigenvalue weighted by atomic mass is 10.0. The third kappa shape index (κ3) is 4.15. The summed E-state index contributed by atoms with van der Waals surface area (Å²) in [6, 6.07) is 4.92. The molecule has 0 aliphatic carbocycles. The molecule has 1 unspecified atom stereocenters. The van der Waals surface area contributed by atoms with Gasteiger partial charge in [0.05, 0.1) is 12.8 Å². The van der Waals surface area contributed by atoms with Gasteiger partial charge in [-0.15, -0.1) is 0 Å². The zero-order chi connectivity index (χ0) is 15.1. The molecule has 0 spiro atoms. The zero-order valence-electron chi connectivity index (χ0n) is 12.0. The second kappa shape index (κ2) is 7.37. The molecule has 110 valence electrons. The average Bonchev–Trinajstić information content (AvgIpc) is 2.46. The summed E-state index contributed by atoms with van der Waals surface area (Å²) in [7, 11) is 1.50. The van der Waals surface area contributed by atoms with E-state index in [1.54, 1.807) is 18.2 Å². The van der Waals surface area contributed by atoms with Crippen molar-refractivity contribution in [1.29, 1.82) is 0 Å². The normalized spacial score (nSPS) is 12.8. The van der Waals surface area contributed by atoms with Crippen LogP contribution in [0.1, 0.15) is 32.3 Å². The van der Waals surface area contributed by atoms with Crippen LogP contribution in [0.2, 0.25) is 0 Å². The van der Waals surface area contributed by atoms with Crippen molar-refractivity contribution in [1.82, 2.24) is 0 Å². The molecule has 6 nitrogen and oxygen atoms in total. The van der Waals surface area contributed by atoms with Crippen LogP contribution in [0.3, 0.4) is 0 Å². The Labute approximate surface area is 118 Å². The number of benzene rings is 1. The van der Waals surface area contributed by atoms with Crippen molar-refractivity contribution in [3.05, 3.63) is 23.8 Å². The lowest BCUT2D eigenvalue weighted by molar-refractivity contribution is -0.117. The lowest BCUT2D eigenvalue weighted by Crippen LogP contribution is -2.16. The van der Waals surface area contributed by atoms with Crippen molar-refractivity contribution in [3.63, 3.8) is 0 Å². The monoisotopic (exact) mass is 279 g/mol. The predicted molar refractivity (Wildman–Crippen MR) is 78.2 cm³/mol. The number of amidine groups is 1. The number of hydrogen-bond acceptors (Lipinski definition) is 4. The van der Waals surface area contributed by atoms with Crippen molar-refractivity contribution >= 4 is 17.4 Å². The number of anilines is 1. The molecule has 0 fully saturated rings. The molecule has 0 aliphatic heterocycles. The van der Waals surface area contributed by atoms with Gasteiger partial charge in [-0.05, 0) is 24.1 Å². The van der Waals surface area contributed by atoms with Gasteiger partial charge in [0.2, 0.25) is 5.91 Å². The van der Waals surface area contributed by atoms with Gasteiger partial charge in [0.15, 0.2) is 5.84 Å². The van der Waals surface area contributed by atoms with E-state index < -0.39 is 0 Å². The van der Waals surface area contributed by atoms with E-state index in [0.29, 0.717) is 29.3 Å². The molecule has 1 amide bonds. The maximum Gasteiger partial charge on any atom is 0.224 e. The number of carbonyl (C=O) groups is 1. The summed E-state index contributed by atoms with van der Waals surface area (Å²) in [5.74, 6) is 0.721. The Balaban J connectivity index is 2.88. The molecule has 20 heavy (non-hydrogen) atoms. The summed E-state index contributed by atoms with van der Waals surface area (Å²) in [4.78, 5) is 11.9. The van der Waals surface area contributed by atoms with Crippen molar-refractivity contribution in [3.8, 4) is 5.75 Å². The number of carbonyl (C=O) groups excluding carboxylic acids is 1. The van der Waals surface area contributed by atoms with E-state index in [-0.39, 0.29) is 11.7 Å². The first-order valence-electron chi connectivity index (χ1n) is 6.47. The number of nitrogens with one attached hydrogen (secondary N) is 1. The van der Waals surface area contributed by atoms with Gasteiger partial charge in [0.25, 0.3) is 0 Å². The van der Waals surface area contributed by atoms with Crippen molar-refractivity contribution in [2.45, 2.75) is 26.7 Å². The van der Waals surface area contributed by atoms with Crippen LogP contribution in [0.5, 0.6) is 5.75 Å². The van der Waals surface area contributed by atoms with E-state index in [1.807, 2.05) is 13.8 Å². The van der Waals surface area contributed by atoms with Gasteiger partial charge in [-0.2, -0.15) is 0 Å². The summed E-state index contributed by atoms with van der Waals surface area (Å²) in [5.41, 5.74) is 6.59. The minimum atomic E-state index is -0.0609. The number of methoxy groups -OCH3 is 1. The fourth-order valence-electron chi connectivity index (χ4n) is 1.67. The third-order valence-electron chi connectivity index (χ3n) is 3.11. The molecule has 0 saturated heterocycles. The smallest absolute Gasteiger partial charge is 0.224 e. The fraction of sp³-hybridized carbons (Fsp3) is 0.429. The summed E-state index contributed by atoms with van der Waals surface area (Å²) in [6.07, 6.45) is 1.41. The number of hydrogen-bond donors (Lipinski definition) is 3. The highest BCUT2D eigenvalue weighted by molar-refractivity contribution is 5.99. The largest absolute Gasteiger partial charge is 0.495 e. The van der Waals surface area contributed by atoms with Gasteiger partial charge < -0.3 is 21.0 Å². The van der Waals surface area contributed by atoms with Crippen LogP contribution in [-0.2, 0) is 4.79 Å². The van der Waals surface area contributed by atoms with E-state index in [1.165, 1.54) is 7.11 Å². The standard InChI is InChI=1S/C14H21N3O3/c1-4-9(2)7-13(18)16-11-6-5-10(14(15)17-19)8-12(11)20-3/h5-6,8-9,19H,4,7H2,1-3H3,(H2,15,17)(H,16,18). The topological polar surface area (TPSA) is 96.9 Å². The molecule has 1 rings (SSSR count). The Hall–Kier alpha value is -2.24. The number of oxime groups is 1. The average molecular weight is 279 g/mol. The summed E-state index contributed by atoms with van der Waals surface area (Å²) in [5, 5.41) is 14.4. The maximum atomic E-state index is 11.9. The van der Waals surface area contributed by atoms with Crippen LogP contribution in [0.4, 0.5) is 5.69 Å². The van der Waals surface area contributed by atoms with Gasteiger partial charge in [-0.3, -0.25) is 4.79 Å². The predicted octanol–water partition coefficient (Wildman–Crippen LogP) is 2.16. The molecule has 6 heteroatoms. The number of amides is 1. The molecule has 1 aromatic carbocycles. The van der Waals surface area contributed by atoms with Crippen LogP contribution in [-0.4, -0.2) is 24.1 Å². The Morgan fingerprint density at radius 2 is 2.25 bits per heavy atom. The highest BCUT2D eigenvalue weighted by atomic mass is 16.5. The molecule has 0 bridgehead atoms. The van der Waals surface area contributed by atoms with Crippen molar-refractivity contribution < 1.29 is 14.7 Å². The van der Waals surface area contributed by atoms with E-state index in [0.717, 1.165) is 6.42 Å². The van der Waals surface area contributed by atoms with Crippen LogP contribution in [0, 0.1) is 5.92 Å². The SMILES string of the molecule is CCC(C)CC(=O)Nc1ccc(/C(N)=N/O)cc1OC. The van der Waals surface area contributed by atoms with E-state index in [4.69, 9.17) is 15.7 Å². The van der Waals surface area contributed by atoms with Gasteiger partial charge in [0.1, 0.15) is 5.75 Å². The highest BCUT2D eigenvalue weighted by Crippen LogP contribution is 2.26. The fourth-order valence-corrected chi connectivity index (χ4v) is 1.67. The molecule has 1 aromatic rings. The maximum absolute atomic E-state index is 11.9. The number of nitrogens with zero attached hydrogens (tertiary/aromatic N) is 1. The number of nitrogens with two attached hydrogens (primary N) is 1. The molecular formula is C14H21N3O3. The van der Waals surface area contributed by atoms with Crippen molar-refractivity contribution in [2.24, 2.45) is 16.8 Å². The van der Waals surface area contributed by atoms with E-state index >= 15 is 0 Å². The van der Waals surface area contributed by atoms with Crippen LogP contribution >= 0.6 is 0 Å². The van der Waals surface area contributed by atoms with Crippen molar-refractivity contribution in [2.75, 3.05) is 12.4 Å². The van der Waals surface area contributed by atoms with Gasteiger partial charge in [-0.25, -0.2) is 0 Å². The van der Waals surface area contributed by atoms with E-state index in [2.05, 4.69) is 10.5 Å². The van der Waals surface area contributed by atoms with Gasteiger partial charge >= 0.3 is 0 Å². The molecular weight excluding hydrogens is 258 g/mol. The van der Waals surface area contributed by atoms with E-state index in [9.17, 15) is 4.79 Å². The summed E-state index contributed by atoms with van der Waals surface area (Å²) < 4.78 is 5.21. The second-order valence-electron chi connectivity index (χ2n) is 4.67. The molecule has 0 saturated carbocycles. The Bertz CT molecular complexity index is 500. The van der Waals surface area contributed by atoms with Crippen LogP contribution in [0.15, 0.2) is 23.4 Å². The Kier molecular flexibility index (Phi) is 5.83. The molecule has 0 radical (unpaired) electrons. The minimum Gasteiger partial charge on any atom is -0.495 e. The Morgan fingerprint density at radius 3 is 2.80 bits per heavy atom. The first kappa shape index (κ1) is 15.8. The van der Waals surface area contributed by atoms with Crippen LogP contribution in [0.25, 0.3) is 0 Å². The quantitative estimate of drug-likeness (QED) is 0.322. The molecule has 4 N–H and O–H groups in total. The molecule has 0 aliphatic rings. The number of rotatable bonds is 6. The third-order valence-corrected chi connectivity index (χ3v) is 3.11. The lowest BCUT2D eigenvalue weighted by Gasteiger charge is -2.13. The van der Waals surface area contributed by atoms with Gasteiger partial charge in [0, 0.05) is 12.0 Å². The molecule has 0 heterocycles.